The molecule has 1 saturated heterocycles. The van der Waals surface area contributed by atoms with Gasteiger partial charge in [0.2, 0.25) is 0 Å². The molecule has 0 aliphatic carbocycles. The molecule has 1 aliphatic heterocycles. The van der Waals surface area contributed by atoms with E-state index in [1.54, 1.807) is 23.0 Å². The van der Waals surface area contributed by atoms with Crippen molar-refractivity contribution >= 4 is 6.09 Å². The third-order valence-corrected chi connectivity index (χ3v) is 4.40. The highest BCUT2D eigenvalue weighted by Crippen LogP contribution is 2.27. The first kappa shape index (κ1) is 17.3. The van der Waals surface area contributed by atoms with Crippen LogP contribution in [0.5, 0.6) is 0 Å². The zero-order valence-electron chi connectivity index (χ0n) is 14.5. The summed E-state index contributed by atoms with van der Waals surface area (Å²) in [5, 5.41) is 12.7. The van der Waals surface area contributed by atoms with Gasteiger partial charge in [-0.05, 0) is 12.8 Å². The molecule has 3 heterocycles. The van der Waals surface area contributed by atoms with Crippen molar-refractivity contribution in [2.24, 2.45) is 7.05 Å². The summed E-state index contributed by atoms with van der Waals surface area (Å²) in [5.74, 6) is 2.06. The average molecular weight is 349 g/mol. The number of piperidine rings is 1. The highest BCUT2D eigenvalue weighted by Gasteiger charge is 2.28. The van der Waals surface area contributed by atoms with Crippen LogP contribution in [0.4, 0.5) is 4.79 Å². The first-order chi connectivity index (χ1) is 12.2. The van der Waals surface area contributed by atoms with Crippen LogP contribution in [-0.2, 0) is 23.1 Å². The monoisotopic (exact) mass is 349 g/mol. The van der Waals surface area contributed by atoms with E-state index in [1.165, 1.54) is 6.33 Å². The van der Waals surface area contributed by atoms with Gasteiger partial charge in [0.15, 0.2) is 5.82 Å². The summed E-state index contributed by atoms with van der Waals surface area (Å²) >= 11 is 0. The molecule has 0 unspecified atom stereocenters. The molecule has 10 nitrogen and oxygen atoms in total. The summed E-state index contributed by atoms with van der Waals surface area (Å²) in [7, 11) is 3.55. The predicted octanol–water partition coefficient (Wildman–Crippen LogP) is 0.417. The van der Waals surface area contributed by atoms with E-state index in [0.717, 1.165) is 24.5 Å². The molecule has 1 fully saturated rings. The SMILES string of the molecule is COCCOC(=O)N1CCC(c2nnc(Cn3cncn3)n2C)CC1. The number of carbonyl (C=O) groups excluding carboxylic acids is 1. The van der Waals surface area contributed by atoms with Crippen molar-refractivity contribution in [2.75, 3.05) is 33.4 Å². The first-order valence-corrected chi connectivity index (χ1v) is 8.30. The van der Waals surface area contributed by atoms with Crippen molar-refractivity contribution in [1.82, 2.24) is 34.4 Å². The van der Waals surface area contributed by atoms with Gasteiger partial charge in [-0.15, -0.1) is 10.2 Å². The lowest BCUT2D eigenvalue weighted by Crippen LogP contribution is -2.39. The molecule has 0 bridgehead atoms. The second kappa shape index (κ2) is 8.06. The van der Waals surface area contributed by atoms with E-state index >= 15 is 0 Å². The number of nitrogens with zero attached hydrogens (tertiary/aromatic N) is 7. The minimum atomic E-state index is -0.277. The van der Waals surface area contributed by atoms with Crippen molar-refractivity contribution in [1.29, 1.82) is 0 Å². The molecule has 10 heteroatoms. The Hall–Kier alpha value is -2.49. The fourth-order valence-electron chi connectivity index (χ4n) is 2.95. The minimum Gasteiger partial charge on any atom is -0.447 e. The second-order valence-electron chi connectivity index (χ2n) is 5.99. The van der Waals surface area contributed by atoms with Crippen LogP contribution in [0.1, 0.15) is 30.4 Å². The maximum absolute atomic E-state index is 12.0. The minimum absolute atomic E-state index is 0.277. The molecule has 2 aromatic rings. The summed E-state index contributed by atoms with van der Waals surface area (Å²) in [4.78, 5) is 17.6. The molecule has 0 aromatic carbocycles. The quantitative estimate of drug-likeness (QED) is 0.697. The maximum Gasteiger partial charge on any atom is 0.409 e. The third kappa shape index (κ3) is 4.13. The van der Waals surface area contributed by atoms with E-state index in [1.807, 2.05) is 11.6 Å². The normalized spacial score (nSPS) is 15.5. The van der Waals surface area contributed by atoms with Crippen LogP contribution < -0.4 is 0 Å². The lowest BCUT2D eigenvalue weighted by molar-refractivity contribution is 0.0656. The number of ether oxygens (including phenoxy) is 2. The summed E-state index contributed by atoms with van der Waals surface area (Å²) in [6.07, 6.45) is 4.56. The van der Waals surface area contributed by atoms with E-state index in [0.29, 0.717) is 26.2 Å². The zero-order chi connectivity index (χ0) is 17.6. The zero-order valence-corrected chi connectivity index (χ0v) is 14.5. The number of amides is 1. The van der Waals surface area contributed by atoms with Crippen LogP contribution in [0.3, 0.4) is 0 Å². The maximum atomic E-state index is 12.0. The molecule has 3 rings (SSSR count). The molecule has 2 aromatic heterocycles. The number of likely N-dealkylation sites (tertiary alicyclic amines) is 1. The number of hydrogen-bond donors (Lipinski definition) is 0. The Labute approximate surface area is 145 Å². The van der Waals surface area contributed by atoms with E-state index in [4.69, 9.17) is 9.47 Å². The largest absolute Gasteiger partial charge is 0.447 e. The Morgan fingerprint density at radius 2 is 2.08 bits per heavy atom. The van der Waals surface area contributed by atoms with E-state index in [9.17, 15) is 4.79 Å². The number of rotatable bonds is 6. The van der Waals surface area contributed by atoms with Gasteiger partial charge in [0.05, 0.1) is 6.61 Å². The van der Waals surface area contributed by atoms with Crippen molar-refractivity contribution in [3.8, 4) is 0 Å². The van der Waals surface area contributed by atoms with Gasteiger partial charge in [0.1, 0.15) is 31.6 Å². The fraction of sp³-hybridized carbons (Fsp3) is 0.667. The standard InChI is InChI=1S/C15H23N7O3/c1-20-13(9-22-11-16-10-17-22)18-19-14(20)12-3-5-21(6-4-12)15(23)25-8-7-24-2/h10-12H,3-9H2,1-2H3. The summed E-state index contributed by atoms with van der Waals surface area (Å²) < 4.78 is 13.8. The lowest BCUT2D eigenvalue weighted by Gasteiger charge is -2.30. The van der Waals surface area contributed by atoms with Crippen molar-refractivity contribution in [3.63, 3.8) is 0 Å². The van der Waals surface area contributed by atoms with Gasteiger partial charge >= 0.3 is 6.09 Å². The average Bonchev–Trinajstić information content (AvgIpc) is 3.26. The number of carbonyl (C=O) groups is 1. The Morgan fingerprint density at radius 1 is 1.28 bits per heavy atom. The topological polar surface area (TPSA) is 100 Å². The first-order valence-electron chi connectivity index (χ1n) is 8.30. The summed E-state index contributed by atoms with van der Waals surface area (Å²) in [6.45, 7) is 2.54. The third-order valence-electron chi connectivity index (χ3n) is 4.40. The molecule has 0 radical (unpaired) electrons. The van der Waals surface area contributed by atoms with Gasteiger partial charge in [-0.1, -0.05) is 0 Å². The van der Waals surface area contributed by atoms with Crippen molar-refractivity contribution in [3.05, 3.63) is 24.3 Å². The number of aromatic nitrogens is 6. The van der Waals surface area contributed by atoms with Crippen LogP contribution >= 0.6 is 0 Å². The fourth-order valence-corrected chi connectivity index (χ4v) is 2.95. The van der Waals surface area contributed by atoms with Crippen LogP contribution in [0.15, 0.2) is 12.7 Å². The number of hydrogen-bond acceptors (Lipinski definition) is 7. The van der Waals surface area contributed by atoms with Gasteiger partial charge in [0, 0.05) is 33.2 Å². The predicted molar refractivity (Wildman–Crippen MR) is 86.9 cm³/mol. The Kier molecular flexibility index (Phi) is 5.59. The molecule has 25 heavy (non-hydrogen) atoms. The van der Waals surface area contributed by atoms with Gasteiger partial charge in [0.25, 0.3) is 0 Å². The molecular formula is C15H23N7O3. The highest BCUT2D eigenvalue weighted by molar-refractivity contribution is 5.67. The van der Waals surface area contributed by atoms with Crippen LogP contribution in [0, 0.1) is 0 Å². The van der Waals surface area contributed by atoms with Crippen molar-refractivity contribution < 1.29 is 14.3 Å². The van der Waals surface area contributed by atoms with Gasteiger partial charge in [-0.25, -0.2) is 14.5 Å². The van der Waals surface area contributed by atoms with Crippen LogP contribution in [-0.4, -0.2) is 73.9 Å². The van der Waals surface area contributed by atoms with Crippen LogP contribution in [0.2, 0.25) is 0 Å². The highest BCUT2D eigenvalue weighted by atomic mass is 16.6. The van der Waals surface area contributed by atoms with E-state index < -0.39 is 0 Å². The number of methoxy groups -OCH3 is 1. The van der Waals surface area contributed by atoms with Gasteiger partial charge in [-0.2, -0.15) is 5.10 Å². The van der Waals surface area contributed by atoms with E-state index in [2.05, 4.69) is 20.3 Å². The molecular weight excluding hydrogens is 326 g/mol. The molecule has 1 amide bonds. The second-order valence-corrected chi connectivity index (χ2v) is 5.99. The van der Waals surface area contributed by atoms with Gasteiger partial charge < -0.3 is 18.9 Å². The summed E-state index contributed by atoms with van der Waals surface area (Å²) in [6, 6.07) is 0. The molecule has 136 valence electrons. The molecule has 0 atom stereocenters. The smallest absolute Gasteiger partial charge is 0.409 e. The van der Waals surface area contributed by atoms with Crippen LogP contribution in [0.25, 0.3) is 0 Å². The van der Waals surface area contributed by atoms with E-state index in [-0.39, 0.29) is 18.6 Å². The Bertz CT molecular complexity index is 677. The van der Waals surface area contributed by atoms with Crippen molar-refractivity contribution in [2.45, 2.75) is 25.3 Å². The molecule has 1 aliphatic rings. The lowest BCUT2D eigenvalue weighted by atomic mass is 9.96. The molecule has 0 N–H and O–H groups in total. The molecule has 0 spiro atoms. The van der Waals surface area contributed by atoms with Gasteiger partial charge in [-0.3, -0.25) is 0 Å². The molecule has 0 saturated carbocycles. The Balaban J connectivity index is 1.54. The summed E-state index contributed by atoms with van der Waals surface area (Å²) in [5.41, 5.74) is 0. The Morgan fingerprint density at radius 3 is 2.76 bits per heavy atom.